The number of amides is 2. The summed E-state index contributed by atoms with van der Waals surface area (Å²) in [7, 11) is 0. The molecule has 1 unspecified atom stereocenters. The van der Waals surface area contributed by atoms with Crippen LogP contribution < -0.4 is 5.32 Å². The lowest BCUT2D eigenvalue weighted by Crippen LogP contribution is -2.39. The van der Waals surface area contributed by atoms with Crippen LogP contribution in [0.25, 0.3) is 0 Å². The van der Waals surface area contributed by atoms with Crippen LogP contribution in [0.3, 0.4) is 0 Å². The molecule has 3 aromatic rings. The molecule has 0 saturated carbocycles. The highest BCUT2D eigenvalue weighted by molar-refractivity contribution is 6.04. The maximum Gasteiger partial charge on any atom is 0.259 e. The topological polar surface area (TPSA) is 75.2 Å². The number of para-hydroxylation sites is 1. The van der Waals surface area contributed by atoms with Gasteiger partial charge in [0.15, 0.2) is 0 Å². The minimum Gasteiger partial charge on any atom is -0.342 e. The molecule has 1 saturated heterocycles. The van der Waals surface area contributed by atoms with E-state index in [1.807, 2.05) is 35.2 Å². The van der Waals surface area contributed by atoms with Crippen molar-refractivity contribution < 1.29 is 14.0 Å². The number of anilines is 1. The molecule has 1 aliphatic rings. The van der Waals surface area contributed by atoms with Gasteiger partial charge < -0.3 is 10.2 Å². The van der Waals surface area contributed by atoms with Crippen LogP contribution in [0, 0.1) is 12.7 Å². The second-order valence-corrected chi connectivity index (χ2v) is 8.32. The van der Waals surface area contributed by atoms with Crippen molar-refractivity contribution in [2.24, 2.45) is 0 Å². The fraction of sp³-hybridized carbons (Fsp3) is 0.308. The Morgan fingerprint density at radius 2 is 1.88 bits per heavy atom. The molecule has 33 heavy (non-hydrogen) atoms. The van der Waals surface area contributed by atoms with Gasteiger partial charge in [-0.1, -0.05) is 36.4 Å². The van der Waals surface area contributed by atoms with Gasteiger partial charge in [-0.3, -0.25) is 9.59 Å². The Kier molecular flexibility index (Phi) is 7.07. The van der Waals surface area contributed by atoms with E-state index < -0.39 is 0 Å². The number of benzene rings is 2. The fourth-order valence-electron chi connectivity index (χ4n) is 4.14. The first kappa shape index (κ1) is 22.6. The third-order valence-corrected chi connectivity index (χ3v) is 5.98. The Labute approximate surface area is 192 Å². The maximum absolute atomic E-state index is 13.8. The molecule has 0 bridgehead atoms. The monoisotopic (exact) mass is 446 g/mol. The number of hydrogen-bond acceptors (Lipinski definition) is 4. The molecule has 2 aromatic carbocycles. The van der Waals surface area contributed by atoms with Crippen molar-refractivity contribution in [1.82, 2.24) is 14.9 Å². The molecule has 6 nitrogen and oxygen atoms in total. The zero-order valence-electron chi connectivity index (χ0n) is 18.6. The van der Waals surface area contributed by atoms with Crippen molar-refractivity contribution >= 4 is 17.5 Å². The Morgan fingerprint density at radius 3 is 2.64 bits per heavy atom. The minimum absolute atomic E-state index is 0.0125. The molecule has 4 rings (SSSR count). The van der Waals surface area contributed by atoms with Gasteiger partial charge in [-0.15, -0.1) is 0 Å². The first-order valence-corrected chi connectivity index (χ1v) is 11.2. The van der Waals surface area contributed by atoms with Gasteiger partial charge in [0.1, 0.15) is 11.6 Å². The molecule has 1 atom stereocenters. The second-order valence-electron chi connectivity index (χ2n) is 8.32. The van der Waals surface area contributed by atoms with Gasteiger partial charge in [-0.25, -0.2) is 14.4 Å². The summed E-state index contributed by atoms with van der Waals surface area (Å²) >= 11 is 0. The number of likely N-dealkylation sites (tertiary alicyclic amines) is 1. The van der Waals surface area contributed by atoms with Crippen molar-refractivity contribution in [3.8, 4) is 0 Å². The largest absolute Gasteiger partial charge is 0.342 e. The highest BCUT2D eigenvalue weighted by Crippen LogP contribution is 2.26. The van der Waals surface area contributed by atoms with Gasteiger partial charge in [-0.05, 0) is 49.9 Å². The summed E-state index contributed by atoms with van der Waals surface area (Å²) in [6.45, 7) is 3.01. The maximum atomic E-state index is 13.8. The number of halogens is 1. The van der Waals surface area contributed by atoms with Gasteiger partial charge in [-0.2, -0.15) is 0 Å². The lowest BCUT2D eigenvalue weighted by atomic mass is 9.96. The molecule has 2 amide bonds. The van der Waals surface area contributed by atoms with Crippen LogP contribution >= 0.6 is 0 Å². The molecule has 170 valence electrons. The molecule has 0 radical (unpaired) electrons. The summed E-state index contributed by atoms with van der Waals surface area (Å²) in [5.41, 5.74) is 2.30. The number of rotatable bonds is 6. The standard InChI is InChI=1S/C26H27FN4O2/c1-18-22(26(33)30-21-10-3-2-4-11-21)16-28-25(29-18)20-9-7-15-31(17-20)24(32)14-13-19-8-5-6-12-23(19)27/h2-6,8,10-12,16,20H,7,9,13-15,17H2,1H3,(H,30,33). The van der Waals surface area contributed by atoms with E-state index in [9.17, 15) is 14.0 Å². The minimum atomic E-state index is -0.276. The smallest absolute Gasteiger partial charge is 0.259 e. The number of nitrogens with zero attached hydrogens (tertiary/aromatic N) is 3. The second kappa shape index (κ2) is 10.3. The number of aromatic nitrogens is 2. The SMILES string of the molecule is Cc1nc(C2CCCN(C(=O)CCc3ccccc3F)C2)ncc1C(=O)Nc1ccccc1. The summed E-state index contributed by atoms with van der Waals surface area (Å²) < 4.78 is 13.8. The lowest BCUT2D eigenvalue weighted by molar-refractivity contribution is -0.132. The molecule has 1 N–H and O–H groups in total. The van der Waals surface area contributed by atoms with E-state index in [0.717, 1.165) is 12.8 Å². The summed E-state index contributed by atoms with van der Waals surface area (Å²) in [6.07, 6.45) is 3.95. The van der Waals surface area contributed by atoms with E-state index in [1.54, 1.807) is 31.3 Å². The van der Waals surface area contributed by atoms with Crippen LogP contribution in [0.5, 0.6) is 0 Å². The lowest BCUT2D eigenvalue weighted by Gasteiger charge is -2.32. The van der Waals surface area contributed by atoms with E-state index >= 15 is 0 Å². The molecule has 1 aromatic heterocycles. The number of nitrogens with one attached hydrogen (secondary N) is 1. The molecule has 2 heterocycles. The Hall–Kier alpha value is -3.61. The number of carbonyl (C=O) groups is 2. The normalized spacial score (nSPS) is 15.8. The first-order valence-electron chi connectivity index (χ1n) is 11.2. The van der Waals surface area contributed by atoms with Crippen LogP contribution in [0.15, 0.2) is 60.8 Å². The van der Waals surface area contributed by atoms with Crippen molar-refractivity contribution in [2.75, 3.05) is 18.4 Å². The summed E-state index contributed by atoms with van der Waals surface area (Å²) in [6, 6.07) is 15.8. The van der Waals surface area contributed by atoms with E-state index in [1.165, 1.54) is 6.07 Å². The van der Waals surface area contributed by atoms with Crippen molar-refractivity contribution in [2.45, 2.75) is 38.5 Å². The highest BCUT2D eigenvalue weighted by Gasteiger charge is 2.27. The Balaban J connectivity index is 1.38. The zero-order valence-corrected chi connectivity index (χ0v) is 18.6. The van der Waals surface area contributed by atoms with Crippen LogP contribution in [0.4, 0.5) is 10.1 Å². The quantitative estimate of drug-likeness (QED) is 0.604. The van der Waals surface area contributed by atoms with Crippen molar-refractivity contribution in [3.05, 3.63) is 89.3 Å². The van der Waals surface area contributed by atoms with E-state index in [-0.39, 0.29) is 30.0 Å². The number of piperidine rings is 1. The highest BCUT2D eigenvalue weighted by atomic mass is 19.1. The van der Waals surface area contributed by atoms with Gasteiger partial charge in [0.25, 0.3) is 5.91 Å². The van der Waals surface area contributed by atoms with E-state index in [0.29, 0.717) is 47.8 Å². The van der Waals surface area contributed by atoms with Gasteiger partial charge in [0, 0.05) is 37.3 Å². The molecular formula is C26H27FN4O2. The van der Waals surface area contributed by atoms with Crippen molar-refractivity contribution in [1.29, 1.82) is 0 Å². The average Bonchev–Trinajstić information content (AvgIpc) is 2.84. The Morgan fingerprint density at radius 1 is 1.12 bits per heavy atom. The van der Waals surface area contributed by atoms with Gasteiger partial charge >= 0.3 is 0 Å². The Bertz CT molecular complexity index is 1140. The van der Waals surface area contributed by atoms with Crippen LogP contribution in [-0.4, -0.2) is 39.8 Å². The van der Waals surface area contributed by atoms with Crippen LogP contribution in [0.1, 0.15) is 52.6 Å². The fourth-order valence-corrected chi connectivity index (χ4v) is 4.14. The molecule has 1 fully saturated rings. The number of aryl methyl sites for hydroxylation is 2. The van der Waals surface area contributed by atoms with Crippen LogP contribution in [0.2, 0.25) is 0 Å². The van der Waals surface area contributed by atoms with Gasteiger partial charge in [0.05, 0.1) is 11.3 Å². The molecule has 0 spiro atoms. The summed E-state index contributed by atoms with van der Waals surface area (Å²) in [5, 5.41) is 2.85. The zero-order chi connectivity index (χ0) is 23.2. The number of hydrogen-bond donors (Lipinski definition) is 1. The predicted molar refractivity (Wildman–Crippen MR) is 124 cm³/mol. The van der Waals surface area contributed by atoms with Gasteiger partial charge in [0.2, 0.25) is 5.91 Å². The third-order valence-electron chi connectivity index (χ3n) is 5.98. The molecule has 1 aliphatic heterocycles. The molecular weight excluding hydrogens is 419 g/mol. The van der Waals surface area contributed by atoms with E-state index in [4.69, 9.17) is 0 Å². The summed E-state index contributed by atoms with van der Waals surface area (Å²) in [4.78, 5) is 36.2. The average molecular weight is 447 g/mol. The first-order chi connectivity index (χ1) is 16.0. The van der Waals surface area contributed by atoms with Crippen molar-refractivity contribution in [3.63, 3.8) is 0 Å². The van der Waals surface area contributed by atoms with E-state index in [2.05, 4.69) is 15.3 Å². The molecule has 7 heteroatoms. The van der Waals surface area contributed by atoms with Crippen LogP contribution in [-0.2, 0) is 11.2 Å². The third kappa shape index (κ3) is 5.61. The summed E-state index contributed by atoms with van der Waals surface area (Å²) in [5.74, 6) is 0.149. The number of carbonyl (C=O) groups excluding carboxylic acids is 2. The molecule has 0 aliphatic carbocycles. The predicted octanol–water partition coefficient (Wildman–Crippen LogP) is 4.52.